The lowest BCUT2D eigenvalue weighted by molar-refractivity contribution is 0.213. The molecule has 2 aromatic carbocycles. The van der Waals surface area contributed by atoms with E-state index in [-0.39, 0.29) is 0 Å². The van der Waals surface area contributed by atoms with Gasteiger partial charge in [0.25, 0.3) is 0 Å². The minimum Gasteiger partial charge on any atom is -0.303 e. The zero-order chi connectivity index (χ0) is 18.6. The summed E-state index contributed by atoms with van der Waals surface area (Å²) in [5.74, 6) is 0.477. The second-order valence-electron chi connectivity index (χ2n) is 7.06. The molecule has 0 saturated carbocycles. The molecule has 3 aromatic rings. The van der Waals surface area contributed by atoms with Gasteiger partial charge in [-0.1, -0.05) is 46.6 Å². The van der Waals surface area contributed by atoms with E-state index in [1.807, 2.05) is 47.3 Å². The maximum Gasteiger partial charge on any atom is 0.0863 e. The molecular formula is C21H22Cl2N4. The molecule has 1 aromatic heterocycles. The predicted octanol–water partition coefficient (Wildman–Crippen LogP) is 5.00. The lowest BCUT2D eigenvalue weighted by Crippen LogP contribution is -2.34. The summed E-state index contributed by atoms with van der Waals surface area (Å²) in [6.07, 6.45) is 5.34. The molecule has 0 bridgehead atoms. The molecule has 0 radical (unpaired) electrons. The quantitative estimate of drug-likeness (QED) is 0.604. The fourth-order valence-corrected chi connectivity index (χ4v) is 3.91. The van der Waals surface area contributed by atoms with Crippen LogP contribution < -0.4 is 0 Å². The van der Waals surface area contributed by atoms with Crippen LogP contribution in [0.25, 0.3) is 5.69 Å². The largest absolute Gasteiger partial charge is 0.303 e. The van der Waals surface area contributed by atoms with E-state index in [1.54, 1.807) is 0 Å². The van der Waals surface area contributed by atoms with Crippen LogP contribution in [0, 0.1) is 0 Å². The Morgan fingerprint density at radius 3 is 2.48 bits per heavy atom. The molecule has 2 heterocycles. The van der Waals surface area contributed by atoms with Crippen molar-refractivity contribution in [1.29, 1.82) is 0 Å². The van der Waals surface area contributed by atoms with Gasteiger partial charge in [-0.3, -0.25) is 0 Å². The van der Waals surface area contributed by atoms with Crippen LogP contribution in [0.2, 0.25) is 10.0 Å². The smallest absolute Gasteiger partial charge is 0.0863 e. The Balaban J connectivity index is 1.31. The Morgan fingerprint density at radius 2 is 1.74 bits per heavy atom. The number of hydrogen-bond donors (Lipinski definition) is 0. The number of rotatable bonds is 5. The van der Waals surface area contributed by atoms with Crippen LogP contribution in [-0.2, 0) is 6.42 Å². The minimum absolute atomic E-state index is 0.477. The van der Waals surface area contributed by atoms with Gasteiger partial charge >= 0.3 is 0 Å². The van der Waals surface area contributed by atoms with Crippen molar-refractivity contribution >= 4 is 23.2 Å². The van der Waals surface area contributed by atoms with Crippen molar-refractivity contribution in [3.8, 4) is 5.69 Å². The highest BCUT2D eigenvalue weighted by Crippen LogP contribution is 2.27. The lowest BCUT2D eigenvalue weighted by atomic mass is 9.94. The van der Waals surface area contributed by atoms with Gasteiger partial charge in [-0.05, 0) is 68.2 Å². The van der Waals surface area contributed by atoms with Crippen molar-refractivity contribution in [2.24, 2.45) is 0 Å². The summed E-state index contributed by atoms with van der Waals surface area (Å²) < 4.78 is 1.81. The molecule has 4 rings (SSSR count). The molecule has 0 atom stereocenters. The minimum atomic E-state index is 0.477. The molecule has 1 aliphatic rings. The van der Waals surface area contributed by atoms with Gasteiger partial charge in [0.2, 0.25) is 0 Å². The molecule has 0 unspecified atom stereocenters. The van der Waals surface area contributed by atoms with E-state index in [0.29, 0.717) is 10.9 Å². The second kappa shape index (κ2) is 8.42. The summed E-state index contributed by atoms with van der Waals surface area (Å²) in [5, 5.41) is 10.2. The summed E-state index contributed by atoms with van der Waals surface area (Å²) in [4.78, 5) is 2.53. The summed E-state index contributed by atoms with van der Waals surface area (Å²) >= 11 is 12.0. The van der Waals surface area contributed by atoms with Gasteiger partial charge < -0.3 is 4.90 Å². The van der Waals surface area contributed by atoms with Crippen LogP contribution in [0.3, 0.4) is 0 Å². The Hall–Kier alpha value is -1.88. The highest BCUT2D eigenvalue weighted by atomic mass is 35.5. The van der Waals surface area contributed by atoms with Gasteiger partial charge in [0.1, 0.15) is 0 Å². The normalized spacial score (nSPS) is 15.9. The van der Waals surface area contributed by atoms with E-state index >= 15 is 0 Å². The average molecular weight is 401 g/mol. The third kappa shape index (κ3) is 4.70. The van der Waals surface area contributed by atoms with Crippen molar-refractivity contribution in [1.82, 2.24) is 19.9 Å². The molecule has 0 spiro atoms. The maximum absolute atomic E-state index is 6.07. The molecule has 1 aliphatic heterocycles. The van der Waals surface area contributed by atoms with E-state index in [9.17, 15) is 0 Å². The monoisotopic (exact) mass is 400 g/mol. The number of hydrogen-bond acceptors (Lipinski definition) is 3. The van der Waals surface area contributed by atoms with Gasteiger partial charge in [-0.15, -0.1) is 5.10 Å². The highest BCUT2D eigenvalue weighted by molar-refractivity contribution is 6.30. The summed E-state index contributed by atoms with van der Waals surface area (Å²) in [6.45, 7) is 3.29. The van der Waals surface area contributed by atoms with Gasteiger partial charge in [0.05, 0.1) is 17.6 Å². The average Bonchev–Trinajstić information content (AvgIpc) is 3.18. The Kier molecular flexibility index (Phi) is 5.77. The SMILES string of the molecule is Clc1ccc(CCN2CCC(c3cn(-c4cccc(Cl)c4)nn3)CC2)cc1. The van der Waals surface area contributed by atoms with Crippen molar-refractivity contribution in [2.45, 2.75) is 25.2 Å². The number of nitrogens with zero attached hydrogens (tertiary/aromatic N) is 4. The van der Waals surface area contributed by atoms with Gasteiger partial charge in [-0.2, -0.15) is 0 Å². The second-order valence-corrected chi connectivity index (χ2v) is 7.93. The molecule has 4 nitrogen and oxygen atoms in total. The van der Waals surface area contributed by atoms with Crippen LogP contribution in [0.5, 0.6) is 0 Å². The Bertz CT molecular complexity index is 883. The Morgan fingerprint density at radius 1 is 0.963 bits per heavy atom. The van der Waals surface area contributed by atoms with Crippen LogP contribution in [0.1, 0.15) is 30.0 Å². The molecule has 0 amide bonds. The first-order valence-corrected chi connectivity index (χ1v) is 10.1. The van der Waals surface area contributed by atoms with E-state index in [4.69, 9.17) is 23.2 Å². The standard InChI is InChI=1S/C21H22Cl2N4/c22-18-6-4-16(5-7-18)8-11-26-12-9-17(10-13-26)21-15-27(25-24-21)20-3-1-2-19(23)14-20/h1-7,14-15,17H,8-13H2. The molecule has 0 N–H and O–H groups in total. The van der Waals surface area contributed by atoms with Gasteiger partial charge in [0, 0.05) is 22.5 Å². The van der Waals surface area contributed by atoms with Crippen molar-refractivity contribution in [3.05, 3.63) is 76.0 Å². The summed E-state index contributed by atoms with van der Waals surface area (Å²) in [7, 11) is 0. The third-order valence-corrected chi connectivity index (χ3v) is 5.71. The number of benzene rings is 2. The molecule has 1 saturated heterocycles. The van der Waals surface area contributed by atoms with Crippen LogP contribution in [-0.4, -0.2) is 39.5 Å². The first kappa shape index (κ1) is 18.5. The van der Waals surface area contributed by atoms with Crippen LogP contribution in [0.4, 0.5) is 0 Å². The predicted molar refractivity (Wildman–Crippen MR) is 110 cm³/mol. The molecular weight excluding hydrogens is 379 g/mol. The van der Waals surface area contributed by atoms with Crippen LogP contribution in [0.15, 0.2) is 54.7 Å². The van der Waals surface area contributed by atoms with E-state index < -0.39 is 0 Å². The van der Waals surface area contributed by atoms with Crippen molar-refractivity contribution in [2.75, 3.05) is 19.6 Å². The maximum atomic E-state index is 6.07. The van der Waals surface area contributed by atoms with Gasteiger partial charge in [-0.25, -0.2) is 4.68 Å². The lowest BCUT2D eigenvalue weighted by Gasteiger charge is -2.31. The first-order chi connectivity index (χ1) is 13.2. The van der Waals surface area contributed by atoms with Crippen molar-refractivity contribution < 1.29 is 0 Å². The number of aromatic nitrogens is 3. The molecule has 140 valence electrons. The molecule has 1 fully saturated rings. The number of likely N-dealkylation sites (tertiary alicyclic amines) is 1. The number of halogens is 2. The molecule has 27 heavy (non-hydrogen) atoms. The van der Waals surface area contributed by atoms with E-state index in [1.165, 1.54) is 5.56 Å². The summed E-state index contributed by atoms with van der Waals surface area (Å²) in [6, 6.07) is 15.8. The fraction of sp³-hybridized carbons (Fsp3) is 0.333. The zero-order valence-electron chi connectivity index (χ0n) is 15.1. The fourth-order valence-electron chi connectivity index (χ4n) is 3.60. The van der Waals surface area contributed by atoms with E-state index in [0.717, 1.165) is 55.3 Å². The molecule has 6 heteroatoms. The topological polar surface area (TPSA) is 34.0 Å². The Labute approximate surface area is 169 Å². The number of piperidine rings is 1. The van der Waals surface area contributed by atoms with Gasteiger partial charge in [0.15, 0.2) is 0 Å². The van der Waals surface area contributed by atoms with Crippen LogP contribution >= 0.6 is 23.2 Å². The summed E-state index contributed by atoms with van der Waals surface area (Å²) in [5.41, 5.74) is 3.36. The zero-order valence-corrected chi connectivity index (χ0v) is 16.6. The third-order valence-electron chi connectivity index (χ3n) is 5.22. The van der Waals surface area contributed by atoms with E-state index in [2.05, 4.69) is 27.3 Å². The highest BCUT2D eigenvalue weighted by Gasteiger charge is 2.23. The van der Waals surface area contributed by atoms with Crippen molar-refractivity contribution in [3.63, 3.8) is 0 Å². The molecule has 0 aliphatic carbocycles. The first-order valence-electron chi connectivity index (χ1n) is 9.32.